The Bertz CT molecular complexity index is 1280. The molecule has 1 saturated heterocycles. The maximum atomic E-state index is 13.8. The average molecular weight is 507 g/mol. The summed E-state index contributed by atoms with van der Waals surface area (Å²) >= 11 is 3.60. The molecular weight excluding hydrogens is 480 g/mol. The third-order valence-electron chi connectivity index (χ3n) is 6.77. The number of rotatable bonds is 6. The molecule has 2 atom stereocenters. The Kier molecular flexibility index (Phi) is 5.34. The molecule has 0 radical (unpaired) electrons. The summed E-state index contributed by atoms with van der Waals surface area (Å²) < 4.78 is 0.996. The van der Waals surface area contributed by atoms with E-state index in [-0.39, 0.29) is 17.7 Å². The number of benzene rings is 2. The molecule has 7 heteroatoms. The molecular formula is C26H27BrN4O2. The van der Waals surface area contributed by atoms with Gasteiger partial charge in [0.15, 0.2) is 0 Å². The maximum absolute atomic E-state index is 13.8. The fourth-order valence-electron chi connectivity index (χ4n) is 5.29. The van der Waals surface area contributed by atoms with Gasteiger partial charge in [-0.1, -0.05) is 40.7 Å². The number of hydrogen-bond donors (Lipinski definition) is 3. The molecule has 2 aliphatic rings. The van der Waals surface area contributed by atoms with E-state index < -0.39 is 5.54 Å². The lowest BCUT2D eigenvalue weighted by Crippen LogP contribution is -2.52. The van der Waals surface area contributed by atoms with Crippen LogP contribution in [0.3, 0.4) is 0 Å². The van der Waals surface area contributed by atoms with Crippen molar-refractivity contribution in [2.45, 2.75) is 24.9 Å². The molecule has 2 aliphatic heterocycles. The largest absolute Gasteiger partial charge is 0.508 e. The Hall–Kier alpha value is -3.03. The van der Waals surface area contributed by atoms with Gasteiger partial charge in [0.25, 0.3) is 5.91 Å². The van der Waals surface area contributed by atoms with E-state index in [9.17, 15) is 9.90 Å². The summed E-state index contributed by atoms with van der Waals surface area (Å²) in [5.41, 5.74) is 3.32. The third kappa shape index (κ3) is 3.38. The van der Waals surface area contributed by atoms with E-state index in [1.807, 2.05) is 25.1 Å². The van der Waals surface area contributed by atoms with E-state index >= 15 is 0 Å². The number of fused-ring (bicyclic) bond motifs is 4. The van der Waals surface area contributed by atoms with E-state index in [0.29, 0.717) is 31.9 Å². The predicted molar refractivity (Wildman–Crippen MR) is 134 cm³/mol. The van der Waals surface area contributed by atoms with E-state index in [1.54, 1.807) is 23.1 Å². The predicted octanol–water partition coefficient (Wildman–Crippen LogP) is 4.43. The minimum absolute atomic E-state index is 0.0491. The number of H-pyrrole nitrogens is 1. The summed E-state index contributed by atoms with van der Waals surface area (Å²) in [6, 6.07) is 13.2. The summed E-state index contributed by atoms with van der Waals surface area (Å²) in [7, 11) is 0. The fraction of sp³-hybridized carbons (Fsp3) is 0.269. The zero-order valence-corrected chi connectivity index (χ0v) is 20.2. The normalized spacial score (nSPS) is 22.1. The van der Waals surface area contributed by atoms with Crippen LogP contribution < -0.4 is 5.32 Å². The van der Waals surface area contributed by atoms with Crippen molar-refractivity contribution in [2.24, 2.45) is 0 Å². The van der Waals surface area contributed by atoms with Crippen LogP contribution >= 0.6 is 15.9 Å². The summed E-state index contributed by atoms with van der Waals surface area (Å²) in [6.07, 6.45) is 2.38. The van der Waals surface area contributed by atoms with Gasteiger partial charge in [-0.2, -0.15) is 0 Å². The van der Waals surface area contributed by atoms with Gasteiger partial charge in [0.2, 0.25) is 0 Å². The second-order valence-corrected chi connectivity index (χ2v) is 9.81. The van der Waals surface area contributed by atoms with Gasteiger partial charge in [0, 0.05) is 47.1 Å². The lowest BCUT2D eigenvalue weighted by Gasteiger charge is -2.44. The number of amides is 1. The number of hydrogen-bond acceptors (Lipinski definition) is 4. The van der Waals surface area contributed by atoms with Crippen molar-refractivity contribution < 1.29 is 9.90 Å². The van der Waals surface area contributed by atoms with Crippen molar-refractivity contribution in [2.75, 3.05) is 19.6 Å². The molecule has 1 aromatic heterocycles. The Morgan fingerprint density at radius 1 is 1.33 bits per heavy atom. The SMILES string of the molecule is C=CCNCCN1C(=C)N2[C@H](c3cccc(O)c3)c3[nH]c4ccc(Br)cc4c3C[C@@]2(C)C1=O. The molecule has 0 unspecified atom stereocenters. The summed E-state index contributed by atoms with van der Waals surface area (Å²) in [6.45, 7) is 12.0. The van der Waals surface area contributed by atoms with E-state index in [0.717, 1.165) is 32.2 Å². The molecule has 3 heterocycles. The Labute approximate surface area is 201 Å². The number of halogens is 1. The van der Waals surface area contributed by atoms with Crippen molar-refractivity contribution in [1.82, 2.24) is 20.1 Å². The van der Waals surface area contributed by atoms with Gasteiger partial charge in [0.05, 0.1) is 6.04 Å². The van der Waals surface area contributed by atoms with Gasteiger partial charge in [-0.15, -0.1) is 6.58 Å². The fourth-order valence-corrected chi connectivity index (χ4v) is 5.66. The second kappa shape index (κ2) is 8.08. The van der Waals surface area contributed by atoms with Crippen LogP contribution in [-0.4, -0.2) is 51.0 Å². The van der Waals surface area contributed by atoms with Crippen LogP contribution in [0.4, 0.5) is 0 Å². The van der Waals surface area contributed by atoms with Crippen molar-refractivity contribution >= 4 is 32.7 Å². The number of phenolic OH excluding ortho intramolecular Hbond substituents is 1. The molecule has 0 aliphatic carbocycles. The summed E-state index contributed by atoms with van der Waals surface area (Å²) in [5, 5.41) is 14.6. The number of carbonyl (C=O) groups is 1. The average Bonchev–Trinajstić information content (AvgIpc) is 3.22. The first-order valence-electron chi connectivity index (χ1n) is 11.1. The summed E-state index contributed by atoms with van der Waals surface area (Å²) in [5.74, 6) is 0.927. The second-order valence-electron chi connectivity index (χ2n) is 8.89. The quantitative estimate of drug-likeness (QED) is 0.341. The van der Waals surface area contributed by atoms with Crippen LogP contribution in [0.1, 0.15) is 29.8 Å². The Morgan fingerprint density at radius 2 is 2.15 bits per heavy atom. The maximum Gasteiger partial charge on any atom is 0.254 e. The van der Waals surface area contributed by atoms with E-state index in [1.165, 1.54) is 0 Å². The first kappa shape index (κ1) is 21.8. The van der Waals surface area contributed by atoms with Crippen LogP contribution in [0.15, 0.2) is 72.0 Å². The highest BCUT2D eigenvalue weighted by molar-refractivity contribution is 9.10. The highest BCUT2D eigenvalue weighted by atomic mass is 79.9. The number of nitrogens with zero attached hydrogens (tertiary/aromatic N) is 2. The molecule has 3 N–H and O–H groups in total. The van der Waals surface area contributed by atoms with Crippen LogP contribution in [0.5, 0.6) is 5.75 Å². The van der Waals surface area contributed by atoms with Gasteiger partial charge in [-0.3, -0.25) is 9.69 Å². The number of aromatic hydroxyl groups is 1. The molecule has 0 saturated carbocycles. The lowest BCUT2D eigenvalue weighted by molar-refractivity contribution is -0.133. The smallest absolute Gasteiger partial charge is 0.254 e. The van der Waals surface area contributed by atoms with Crippen LogP contribution in [0, 0.1) is 0 Å². The van der Waals surface area contributed by atoms with Crippen LogP contribution in [-0.2, 0) is 11.2 Å². The minimum Gasteiger partial charge on any atom is -0.508 e. The minimum atomic E-state index is -0.782. The lowest BCUT2D eigenvalue weighted by atomic mass is 9.81. The third-order valence-corrected chi connectivity index (χ3v) is 7.26. The zero-order chi connectivity index (χ0) is 23.3. The van der Waals surface area contributed by atoms with E-state index in [4.69, 9.17) is 0 Å². The van der Waals surface area contributed by atoms with Crippen molar-refractivity contribution in [3.63, 3.8) is 0 Å². The molecule has 33 heavy (non-hydrogen) atoms. The van der Waals surface area contributed by atoms with Gasteiger partial charge in [-0.05, 0) is 48.4 Å². The molecule has 170 valence electrons. The standard InChI is InChI=1S/C26H27BrN4O2/c1-4-10-28-11-12-30-16(2)31-24(17-6-5-7-19(32)13-17)23-21(15-26(31,3)25(30)33)20-14-18(27)8-9-22(20)29-23/h4-9,13-14,24,28-29,32H,1-2,10-12,15H2,3H3/t24-,26+/m1/s1. The van der Waals surface area contributed by atoms with Crippen LogP contribution in [0.2, 0.25) is 0 Å². The summed E-state index contributed by atoms with van der Waals surface area (Å²) in [4.78, 5) is 21.4. The van der Waals surface area contributed by atoms with Crippen molar-refractivity contribution in [3.8, 4) is 5.75 Å². The van der Waals surface area contributed by atoms with Crippen molar-refractivity contribution in [3.05, 3.63) is 88.8 Å². The Morgan fingerprint density at radius 3 is 2.91 bits per heavy atom. The molecule has 0 bridgehead atoms. The number of nitrogens with one attached hydrogen (secondary N) is 2. The van der Waals surface area contributed by atoms with Gasteiger partial charge >= 0.3 is 0 Å². The topological polar surface area (TPSA) is 71.6 Å². The van der Waals surface area contributed by atoms with Gasteiger partial charge in [-0.25, -0.2) is 0 Å². The first-order valence-corrected chi connectivity index (χ1v) is 11.8. The first-order chi connectivity index (χ1) is 15.8. The molecule has 1 amide bonds. The molecule has 1 fully saturated rings. The number of aromatic nitrogens is 1. The number of phenols is 1. The molecule has 2 aromatic carbocycles. The molecule has 6 nitrogen and oxygen atoms in total. The van der Waals surface area contributed by atoms with Crippen molar-refractivity contribution in [1.29, 1.82) is 0 Å². The zero-order valence-electron chi connectivity index (χ0n) is 18.6. The monoisotopic (exact) mass is 506 g/mol. The highest BCUT2D eigenvalue weighted by Gasteiger charge is 2.57. The van der Waals surface area contributed by atoms with Gasteiger partial charge < -0.3 is 20.3 Å². The van der Waals surface area contributed by atoms with E-state index in [2.05, 4.69) is 56.4 Å². The van der Waals surface area contributed by atoms with Gasteiger partial charge in [0.1, 0.15) is 17.1 Å². The molecule has 0 spiro atoms. The number of aromatic amines is 1. The molecule has 5 rings (SSSR count). The Balaban J connectivity index is 1.66. The van der Waals surface area contributed by atoms with Crippen LogP contribution in [0.25, 0.3) is 10.9 Å². The molecule has 3 aromatic rings. The number of carbonyl (C=O) groups excluding carboxylic acids is 1. The highest BCUT2D eigenvalue weighted by Crippen LogP contribution is 2.51.